The molecule has 4 rings (SSSR count). The third-order valence-electron chi connectivity index (χ3n) is 4.47. The second-order valence-electron chi connectivity index (χ2n) is 6.14. The Morgan fingerprint density at radius 1 is 0.960 bits per heavy atom. The first-order chi connectivity index (χ1) is 12.2. The van der Waals surface area contributed by atoms with Gasteiger partial charge in [-0.1, -0.05) is 18.2 Å². The van der Waals surface area contributed by atoms with Gasteiger partial charge in [0.05, 0.1) is 6.42 Å². The van der Waals surface area contributed by atoms with Crippen molar-refractivity contribution in [3.63, 3.8) is 0 Å². The summed E-state index contributed by atoms with van der Waals surface area (Å²) in [5.41, 5.74) is 3.93. The Hall–Kier alpha value is -3.08. The van der Waals surface area contributed by atoms with E-state index in [1.165, 1.54) is 12.1 Å². The molecule has 25 heavy (non-hydrogen) atoms. The maximum absolute atomic E-state index is 13.4. The molecule has 0 aliphatic carbocycles. The number of aromatic amines is 2. The Balaban J connectivity index is 1.38. The van der Waals surface area contributed by atoms with Crippen molar-refractivity contribution in [1.29, 1.82) is 0 Å². The summed E-state index contributed by atoms with van der Waals surface area (Å²) in [5, 5.41) is 4.88. The molecule has 4 aromatic rings. The monoisotopic (exact) mass is 335 g/mol. The smallest absolute Gasteiger partial charge is 0.224 e. The van der Waals surface area contributed by atoms with E-state index in [1.54, 1.807) is 6.07 Å². The molecular weight excluding hydrogens is 317 g/mol. The van der Waals surface area contributed by atoms with E-state index in [-0.39, 0.29) is 11.7 Å². The van der Waals surface area contributed by atoms with E-state index in [9.17, 15) is 9.18 Å². The number of nitrogens with one attached hydrogen (secondary N) is 3. The average Bonchev–Trinajstić information content (AvgIpc) is 3.20. The summed E-state index contributed by atoms with van der Waals surface area (Å²) in [6.45, 7) is 0.519. The number of benzene rings is 2. The molecule has 2 aromatic carbocycles. The largest absolute Gasteiger partial charge is 0.361 e. The van der Waals surface area contributed by atoms with E-state index < -0.39 is 0 Å². The number of rotatable bonds is 5. The van der Waals surface area contributed by atoms with Crippen molar-refractivity contribution in [2.75, 3.05) is 6.54 Å². The Labute approximate surface area is 144 Å². The predicted octanol–water partition coefficient (Wildman–Crippen LogP) is 3.69. The number of hydrogen-bond acceptors (Lipinski definition) is 1. The third-order valence-corrected chi connectivity index (χ3v) is 4.47. The summed E-state index contributed by atoms with van der Waals surface area (Å²) in [6, 6.07) is 12.6. The number of H-pyrrole nitrogens is 2. The minimum Gasteiger partial charge on any atom is -0.361 e. The highest BCUT2D eigenvalue weighted by atomic mass is 19.1. The van der Waals surface area contributed by atoms with Gasteiger partial charge in [-0.15, -0.1) is 0 Å². The van der Waals surface area contributed by atoms with E-state index in [1.807, 2.05) is 36.7 Å². The molecule has 2 aromatic heterocycles. The second kappa shape index (κ2) is 6.43. The number of carbonyl (C=O) groups is 1. The normalized spacial score (nSPS) is 11.2. The summed E-state index contributed by atoms with van der Waals surface area (Å²) >= 11 is 0. The molecule has 0 aliphatic rings. The van der Waals surface area contributed by atoms with Gasteiger partial charge in [0.1, 0.15) is 5.82 Å². The first kappa shape index (κ1) is 15.4. The van der Waals surface area contributed by atoms with Gasteiger partial charge in [0.15, 0.2) is 0 Å². The molecule has 3 N–H and O–H groups in total. The number of fused-ring (bicyclic) bond motifs is 2. The number of para-hydroxylation sites is 1. The van der Waals surface area contributed by atoms with Crippen molar-refractivity contribution in [2.45, 2.75) is 12.8 Å². The van der Waals surface area contributed by atoms with Crippen LogP contribution in [-0.2, 0) is 17.6 Å². The van der Waals surface area contributed by atoms with Crippen molar-refractivity contribution in [1.82, 2.24) is 15.3 Å². The van der Waals surface area contributed by atoms with E-state index in [0.717, 1.165) is 32.9 Å². The van der Waals surface area contributed by atoms with Crippen LogP contribution < -0.4 is 5.32 Å². The molecule has 5 heteroatoms. The van der Waals surface area contributed by atoms with Gasteiger partial charge >= 0.3 is 0 Å². The summed E-state index contributed by atoms with van der Waals surface area (Å²) < 4.78 is 13.4. The highest BCUT2D eigenvalue weighted by Gasteiger charge is 2.09. The molecule has 1 amide bonds. The molecule has 0 spiro atoms. The van der Waals surface area contributed by atoms with Crippen LogP contribution in [0.5, 0.6) is 0 Å². The van der Waals surface area contributed by atoms with Gasteiger partial charge in [0.2, 0.25) is 5.91 Å². The van der Waals surface area contributed by atoms with E-state index in [2.05, 4.69) is 15.3 Å². The Morgan fingerprint density at radius 2 is 1.72 bits per heavy atom. The van der Waals surface area contributed by atoms with Crippen molar-refractivity contribution in [3.8, 4) is 0 Å². The van der Waals surface area contributed by atoms with Crippen LogP contribution in [0.1, 0.15) is 11.1 Å². The van der Waals surface area contributed by atoms with Crippen LogP contribution in [0.2, 0.25) is 0 Å². The molecule has 0 radical (unpaired) electrons. The fourth-order valence-corrected chi connectivity index (χ4v) is 3.21. The molecule has 0 bridgehead atoms. The van der Waals surface area contributed by atoms with Crippen LogP contribution in [0.3, 0.4) is 0 Å². The maximum atomic E-state index is 13.4. The zero-order valence-electron chi connectivity index (χ0n) is 13.6. The lowest BCUT2D eigenvalue weighted by Crippen LogP contribution is -2.27. The van der Waals surface area contributed by atoms with Gasteiger partial charge in [-0.3, -0.25) is 4.79 Å². The fraction of sp³-hybridized carbons (Fsp3) is 0.150. The fourth-order valence-electron chi connectivity index (χ4n) is 3.21. The summed E-state index contributed by atoms with van der Waals surface area (Å²) in [5.74, 6) is -0.271. The van der Waals surface area contributed by atoms with Crippen LogP contribution in [-0.4, -0.2) is 22.4 Å². The Bertz CT molecular complexity index is 1050. The molecule has 2 heterocycles. The van der Waals surface area contributed by atoms with Crippen LogP contribution in [0.25, 0.3) is 21.8 Å². The van der Waals surface area contributed by atoms with Gasteiger partial charge in [-0.25, -0.2) is 4.39 Å². The Morgan fingerprint density at radius 3 is 2.60 bits per heavy atom. The van der Waals surface area contributed by atoms with Crippen LogP contribution >= 0.6 is 0 Å². The van der Waals surface area contributed by atoms with Gasteiger partial charge < -0.3 is 15.3 Å². The van der Waals surface area contributed by atoms with Crippen molar-refractivity contribution in [3.05, 3.63) is 71.8 Å². The highest BCUT2D eigenvalue weighted by molar-refractivity contribution is 5.89. The van der Waals surface area contributed by atoms with E-state index >= 15 is 0 Å². The van der Waals surface area contributed by atoms with Gasteiger partial charge in [0.25, 0.3) is 0 Å². The van der Waals surface area contributed by atoms with Crippen molar-refractivity contribution in [2.24, 2.45) is 0 Å². The van der Waals surface area contributed by atoms with Gasteiger partial charge in [-0.05, 0) is 41.8 Å². The van der Waals surface area contributed by atoms with E-state index in [0.29, 0.717) is 19.4 Å². The lowest BCUT2D eigenvalue weighted by atomic mass is 10.1. The summed E-state index contributed by atoms with van der Waals surface area (Å²) in [7, 11) is 0. The topological polar surface area (TPSA) is 60.7 Å². The molecule has 4 nitrogen and oxygen atoms in total. The molecular formula is C20H18FN3O. The van der Waals surface area contributed by atoms with Crippen LogP contribution in [0.4, 0.5) is 4.39 Å². The van der Waals surface area contributed by atoms with Crippen LogP contribution in [0.15, 0.2) is 54.9 Å². The van der Waals surface area contributed by atoms with Crippen molar-refractivity contribution >= 4 is 27.7 Å². The quantitative estimate of drug-likeness (QED) is 0.512. The molecule has 0 atom stereocenters. The lowest BCUT2D eigenvalue weighted by Gasteiger charge is -2.05. The molecule has 0 saturated heterocycles. The van der Waals surface area contributed by atoms with Crippen LogP contribution in [0, 0.1) is 5.82 Å². The summed E-state index contributed by atoms with van der Waals surface area (Å²) in [4.78, 5) is 18.5. The molecule has 126 valence electrons. The highest BCUT2D eigenvalue weighted by Crippen LogP contribution is 2.20. The molecule has 0 aliphatic heterocycles. The Kier molecular flexibility index (Phi) is 3.98. The molecule has 0 saturated carbocycles. The standard InChI is InChI=1S/C20H18FN3O/c21-15-5-6-19-17(10-15)13(11-23-19)7-8-22-20(25)9-14-12-24-18-4-2-1-3-16(14)18/h1-6,10-12,23-24H,7-9H2,(H,22,25). The first-order valence-electron chi connectivity index (χ1n) is 8.28. The average molecular weight is 335 g/mol. The third kappa shape index (κ3) is 3.13. The van der Waals surface area contributed by atoms with Gasteiger partial charge in [-0.2, -0.15) is 0 Å². The minimum atomic E-state index is -0.253. The summed E-state index contributed by atoms with van der Waals surface area (Å²) in [6.07, 6.45) is 4.75. The SMILES string of the molecule is O=C(Cc1c[nH]c2ccccc12)NCCc1c[nH]c2ccc(F)cc12. The number of hydrogen-bond donors (Lipinski definition) is 3. The first-order valence-corrected chi connectivity index (χ1v) is 8.28. The predicted molar refractivity (Wildman–Crippen MR) is 97.0 cm³/mol. The number of amides is 1. The molecule has 0 fully saturated rings. The lowest BCUT2D eigenvalue weighted by molar-refractivity contribution is -0.120. The zero-order valence-corrected chi connectivity index (χ0v) is 13.6. The van der Waals surface area contributed by atoms with Crippen molar-refractivity contribution < 1.29 is 9.18 Å². The maximum Gasteiger partial charge on any atom is 0.224 e. The van der Waals surface area contributed by atoms with E-state index in [4.69, 9.17) is 0 Å². The minimum absolute atomic E-state index is 0.0178. The second-order valence-corrected chi connectivity index (χ2v) is 6.14. The number of carbonyl (C=O) groups excluding carboxylic acids is 1. The number of halogens is 1. The molecule has 0 unspecified atom stereocenters. The van der Waals surface area contributed by atoms with Gasteiger partial charge in [0, 0.05) is 40.7 Å². The zero-order chi connectivity index (χ0) is 17.2. The number of aromatic nitrogens is 2.